The lowest BCUT2D eigenvalue weighted by Crippen LogP contribution is -2.47. The third kappa shape index (κ3) is 6.99. The van der Waals surface area contributed by atoms with Crippen molar-refractivity contribution < 1.29 is 38.1 Å². The van der Waals surface area contributed by atoms with Gasteiger partial charge >= 0.3 is 24.0 Å². The number of hydrogen-bond donors (Lipinski definition) is 1. The molecular formula is C36H45N3O9Si. The van der Waals surface area contributed by atoms with Crippen LogP contribution in [0.25, 0.3) is 22.3 Å². The number of ether oxygens (including phenoxy) is 4. The highest BCUT2D eigenvalue weighted by Gasteiger charge is 2.50. The molecule has 0 radical (unpaired) electrons. The Morgan fingerprint density at radius 2 is 1.84 bits per heavy atom. The topological polar surface area (TPSA) is 152 Å². The predicted octanol–water partition coefficient (Wildman–Crippen LogP) is 5.19. The molecule has 12 nitrogen and oxygen atoms in total. The minimum Gasteiger partial charge on any atom is -0.457 e. The molecule has 0 saturated heterocycles. The fraction of sp³-hybridized carbons (Fsp3) is 0.500. The molecule has 0 bridgehead atoms. The van der Waals surface area contributed by atoms with Crippen LogP contribution >= 0.6 is 0 Å². The Hall–Kier alpha value is -4.52. The molecule has 262 valence electrons. The number of amides is 1. The van der Waals surface area contributed by atoms with Gasteiger partial charge in [-0.05, 0) is 62.2 Å². The van der Waals surface area contributed by atoms with E-state index in [9.17, 15) is 24.0 Å². The van der Waals surface area contributed by atoms with Crippen LogP contribution in [-0.4, -0.2) is 53.8 Å². The van der Waals surface area contributed by atoms with Crippen LogP contribution in [0.4, 0.5) is 4.79 Å². The first-order valence-electron chi connectivity index (χ1n) is 16.8. The molecular weight excluding hydrogens is 646 g/mol. The predicted molar refractivity (Wildman–Crippen MR) is 185 cm³/mol. The van der Waals surface area contributed by atoms with E-state index in [2.05, 4.69) is 25.3 Å². The summed E-state index contributed by atoms with van der Waals surface area (Å²) in [5, 5.41) is 4.56. The van der Waals surface area contributed by atoms with Crippen molar-refractivity contribution >= 4 is 48.2 Å². The number of nitrogens with one attached hydrogen (secondary N) is 1. The Labute approximate surface area is 286 Å². The van der Waals surface area contributed by atoms with Crippen molar-refractivity contribution in [3.63, 3.8) is 0 Å². The van der Waals surface area contributed by atoms with Crippen molar-refractivity contribution in [2.75, 3.05) is 6.54 Å². The molecule has 49 heavy (non-hydrogen) atoms. The van der Waals surface area contributed by atoms with Crippen LogP contribution in [0.15, 0.2) is 29.1 Å². The number of unbranched alkanes of at least 4 members (excludes halogenated alkanes) is 1. The Bertz CT molecular complexity index is 1910. The third-order valence-electron chi connectivity index (χ3n) is 9.01. The number of hydrogen-bond acceptors (Lipinski definition) is 10. The van der Waals surface area contributed by atoms with Gasteiger partial charge in [0.2, 0.25) is 5.60 Å². The maximum Gasteiger partial charge on any atom is 0.407 e. The zero-order valence-corrected chi connectivity index (χ0v) is 30.5. The normalized spacial score (nSPS) is 16.7. The summed E-state index contributed by atoms with van der Waals surface area (Å²) >= 11 is 0. The van der Waals surface area contributed by atoms with Gasteiger partial charge in [-0.3, -0.25) is 14.4 Å². The van der Waals surface area contributed by atoms with E-state index in [1.807, 2.05) is 12.1 Å². The van der Waals surface area contributed by atoms with Crippen molar-refractivity contribution in [2.24, 2.45) is 0 Å². The average molecular weight is 692 g/mol. The number of aromatic nitrogens is 2. The van der Waals surface area contributed by atoms with Gasteiger partial charge in [0.05, 0.1) is 43.5 Å². The summed E-state index contributed by atoms with van der Waals surface area (Å²) in [5.41, 5.74) is 0.400. The van der Waals surface area contributed by atoms with E-state index in [1.165, 1.54) is 6.92 Å². The second-order valence-electron chi connectivity index (χ2n) is 14.3. The molecule has 1 unspecified atom stereocenters. The monoisotopic (exact) mass is 691 g/mol. The molecule has 1 amide bonds. The largest absolute Gasteiger partial charge is 0.457 e. The van der Waals surface area contributed by atoms with Crippen molar-refractivity contribution in [3.05, 3.63) is 51.3 Å². The highest BCUT2D eigenvalue weighted by atomic mass is 28.3. The lowest BCUT2D eigenvalue weighted by molar-refractivity contribution is -0.189. The SMILES string of the molecule is CCCC[Si](C)(C)c1c2c(nc3ccc(OC(C)=O)cc13)-c1cc3c(c(=O)n1C2)COC(=O)C3(CC)OC(=O)CCNC(=O)OC(C)(C)C. The van der Waals surface area contributed by atoms with Gasteiger partial charge in [0.15, 0.2) is 0 Å². The Kier molecular flexibility index (Phi) is 9.79. The zero-order valence-electron chi connectivity index (χ0n) is 29.5. The number of benzene rings is 1. The van der Waals surface area contributed by atoms with Gasteiger partial charge in [0.1, 0.15) is 18.0 Å². The third-order valence-corrected chi connectivity index (χ3v) is 12.5. The molecule has 1 aromatic carbocycles. The summed E-state index contributed by atoms with van der Waals surface area (Å²) in [6, 6.07) is 8.14. The number of nitrogens with zero attached hydrogens (tertiary/aromatic N) is 2. The summed E-state index contributed by atoms with van der Waals surface area (Å²) in [6.45, 7) is 14.9. The van der Waals surface area contributed by atoms with Gasteiger partial charge in [-0.25, -0.2) is 14.6 Å². The van der Waals surface area contributed by atoms with E-state index in [0.29, 0.717) is 22.7 Å². The number of carbonyl (C=O) groups excluding carboxylic acids is 4. The number of esters is 3. The van der Waals surface area contributed by atoms with E-state index in [0.717, 1.165) is 35.0 Å². The fourth-order valence-corrected chi connectivity index (χ4v) is 10.2. The van der Waals surface area contributed by atoms with E-state index >= 15 is 0 Å². The molecule has 4 heterocycles. The molecule has 2 aromatic heterocycles. The van der Waals surface area contributed by atoms with Gasteiger partial charge < -0.3 is 28.8 Å². The van der Waals surface area contributed by atoms with Gasteiger partial charge in [-0.1, -0.05) is 45.8 Å². The summed E-state index contributed by atoms with van der Waals surface area (Å²) in [4.78, 5) is 69.8. The van der Waals surface area contributed by atoms with Crippen LogP contribution in [0.1, 0.15) is 83.9 Å². The van der Waals surface area contributed by atoms with E-state index in [4.69, 9.17) is 23.9 Å². The second kappa shape index (κ2) is 13.4. The fourth-order valence-electron chi connectivity index (χ4n) is 6.79. The zero-order chi connectivity index (χ0) is 35.9. The van der Waals surface area contributed by atoms with Crippen LogP contribution in [-0.2, 0) is 47.3 Å². The van der Waals surface area contributed by atoms with Gasteiger partial charge in [0.25, 0.3) is 5.56 Å². The average Bonchev–Trinajstić information content (AvgIpc) is 3.37. The molecule has 0 fully saturated rings. The van der Waals surface area contributed by atoms with Gasteiger partial charge in [-0.2, -0.15) is 0 Å². The summed E-state index contributed by atoms with van der Waals surface area (Å²) in [6.07, 6.45) is 1.18. The number of pyridine rings is 2. The van der Waals surface area contributed by atoms with Crippen molar-refractivity contribution in [1.82, 2.24) is 14.9 Å². The minimum atomic E-state index is -2.16. The van der Waals surface area contributed by atoms with Gasteiger partial charge in [0, 0.05) is 24.4 Å². The van der Waals surface area contributed by atoms with Crippen molar-refractivity contribution in [3.8, 4) is 17.1 Å². The minimum absolute atomic E-state index is 0.0199. The van der Waals surface area contributed by atoms with Crippen molar-refractivity contribution in [2.45, 2.75) is 111 Å². The number of cyclic esters (lactones) is 1. The van der Waals surface area contributed by atoms with E-state index in [-0.39, 0.29) is 49.2 Å². The Morgan fingerprint density at radius 1 is 1.10 bits per heavy atom. The highest BCUT2D eigenvalue weighted by Crippen LogP contribution is 2.41. The van der Waals surface area contributed by atoms with Crippen LogP contribution in [0.2, 0.25) is 19.1 Å². The molecule has 2 aliphatic heterocycles. The lowest BCUT2D eigenvalue weighted by Gasteiger charge is -2.35. The standard InChI is InChI=1S/C36H45N3O9Si/c1-9-11-16-49(7,8)31-23-17-22(46-21(3)40)12-13-27(23)38-30-24(31)19-39-28(30)18-26-25(32(39)42)20-45-33(43)36(26,10-2)47-29(41)14-15-37-34(44)48-35(4,5)6/h12-13,17-18H,9-11,14-16,19-20H2,1-8H3,(H,37,44). The van der Waals surface area contributed by atoms with Crippen LogP contribution in [0.3, 0.4) is 0 Å². The number of rotatable bonds is 10. The molecule has 1 atom stereocenters. The first kappa shape index (κ1) is 35.8. The summed E-state index contributed by atoms with van der Waals surface area (Å²) in [5.74, 6) is -1.50. The summed E-state index contributed by atoms with van der Waals surface area (Å²) < 4.78 is 23.7. The molecule has 1 N–H and O–H groups in total. The molecule has 0 spiro atoms. The molecule has 2 aliphatic rings. The maximum absolute atomic E-state index is 14.2. The smallest absolute Gasteiger partial charge is 0.407 e. The summed E-state index contributed by atoms with van der Waals surface area (Å²) in [7, 11) is -2.16. The number of carbonyl (C=O) groups is 4. The second-order valence-corrected chi connectivity index (χ2v) is 19.1. The quantitative estimate of drug-likeness (QED) is 0.102. The lowest BCUT2D eigenvalue weighted by atomic mass is 9.85. The maximum atomic E-state index is 14.2. The Balaban J connectivity index is 1.59. The molecule has 13 heteroatoms. The highest BCUT2D eigenvalue weighted by molar-refractivity contribution is 6.91. The number of fused-ring (bicyclic) bond motifs is 5. The number of alkyl carbamates (subject to hydrolysis) is 1. The molecule has 0 saturated carbocycles. The molecule has 3 aromatic rings. The first-order chi connectivity index (χ1) is 23.0. The first-order valence-corrected chi connectivity index (χ1v) is 20.0. The van der Waals surface area contributed by atoms with Crippen LogP contribution < -0.4 is 20.8 Å². The Morgan fingerprint density at radius 3 is 2.49 bits per heavy atom. The molecule has 5 rings (SSSR count). The van der Waals surface area contributed by atoms with E-state index < -0.39 is 43.3 Å². The van der Waals surface area contributed by atoms with Gasteiger partial charge in [-0.15, -0.1) is 0 Å². The molecule has 0 aliphatic carbocycles. The van der Waals surface area contributed by atoms with E-state index in [1.54, 1.807) is 44.4 Å². The van der Waals surface area contributed by atoms with Crippen molar-refractivity contribution in [1.29, 1.82) is 0 Å². The van der Waals surface area contributed by atoms with Crippen LogP contribution in [0.5, 0.6) is 5.75 Å². The van der Waals surface area contributed by atoms with Crippen LogP contribution in [0, 0.1) is 0 Å².